The molecule has 0 saturated heterocycles. The average Bonchev–Trinajstić information content (AvgIpc) is 2.33. The number of nitrogens with one attached hydrogen (secondary N) is 2. The van der Waals surface area contributed by atoms with Crippen LogP contribution in [0.1, 0.15) is 20.3 Å². The van der Waals surface area contributed by atoms with Gasteiger partial charge in [0.05, 0.1) is 5.69 Å². The summed E-state index contributed by atoms with van der Waals surface area (Å²) in [5.74, 6) is 0.603. The maximum Gasteiger partial charge on any atom is 0.242 e. The van der Waals surface area contributed by atoms with Gasteiger partial charge < -0.3 is 5.32 Å². The topological polar surface area (TPSA) is 75.3 Å². The summed E-state index contributed by atoms with van der Waals surface area (Å²) in [6.45, 7) is 4.15. The van der Waals surface area contributed by atoms with Crippen LogP contribution in [0.5, 0.6) is 0 Å². The number of benzene rings is 1. The number of sulfonamides is 1. The lowest BCUT2D eigenvalue weighted by atomic mass is 10.3. The molecule has 0 aliphatic carbocycles. The second-order valence-electron chi connectivity index (χ2n) is 4.83. The number of hydrogen-bond donors (Lipinski definition) is 2. The van der Waals surface area contributed by atoms with Crippen molar-refractivity contribution >= 4 is 26.5 Å². The van der Waals surface area contributed by atoms with Crippen molar-refractivity contribution in [2.24, 2.45) is 0 Å². The van der Waals surface area contributed by atoms with Crippen LogP contribution in [0.25, 0.3) is 0 Å². The van der Waals surface area contributed by atoms with Gasteiger partial charge in [0, 0.05) is 35.4 Å². The van der Waals surface area contributed by atoms with E-state index in [2.05, 4.69) is 10.0 Å². The molecule has 0 heterocycles. The van der Waals surface area contributed by atoms with Crippen LogP contribution >= 0.6 is 0 Å². The molecule has 1 atom stereocenters. The van der Waals surface area contributed by atoms with E-state index in [1.807, 2.05) is 0 Å². The third-order valence-electron chi connectivity index (χ3n) is 2.49. The Morgan fingerprint density at radius 2 is 1.90 bits per heavy atom. The normalized spacial score (nSPS) is 13.4. The van der Waals surface area contributed by atoms with Crippen molar-refractivity contribution in [2.45, 2.75) is 31.2 Å². The summed E-state index contributed by atoms with van der Waals surface area (Å²) in [5, 5.41) is 3.09. The zero-order valence-corrected chi connectivity index (χ0v) is 13.7. The third kappa shape index (κ3) is 5.60. The summed E-state index contributed by atoms with van der Waals surface area (Å²) in [6.07, 6.45) is 2.39. The van der Waals surface area contributed by atoms with Crippen molar-refractivity contribution < 1.29 is 12.6 Å². The molecule has 1 rings (SSSR count). The predicted octanol–water partition coefficient (Wildman–Crippen LogP) is 1.55. The Hall–Kier alpha value is -0.920. The van der Waals surface area contributed by atoms with E-state index in [0.29, 0.717) is 18.0 Å². The Morgan fingerprint density at radius 1 is 1.25 bits per heavy atom. The van der Waals surface area contributed by atoms with Gasteiger partial charge in [0.1, 0.15) is 4.90 Å². The van der Waals surface area contributed by atoms with Gasteiger partial charge in [-0.1, -0.05) is 12.1 Å². The summed E-state index contributed by atoms with van der Waals surface area (Å²) in [4.78, 5) is 0.242. The van der Waals surface area contributed by atoms with Crippen LogP contribution in [-0.4, -0.2) is 37.2 Å². The van der Waals surface area contributed by atoms with E-state index in [9.17, 15) is 12.6 Å². The molecule has 0 bridgehead atoms. The molecule has 2 N–H and O–H groups in total. The van der Waals surface area contributed by atoms with E-state index in [1.54, 1.807) is 44.4 Å². The maximum atomic E-state index is 12.2. The van der Waals surface area contributed by atoms with Gasteiger partial charge in [0.15, 0.2) is 0 Å². The molecule has 5 nitrogen and oxygen atoms in total. The fourth-order valence-electron chi connectivity index (χ4n) is 1.72. The minimum Gasteiger partial charge on any atom is -0.384 e. The zero-order chi connectivity index (χ0) is 15.2. The Morgan fingerprint density at radius 3 is 2.50 bits per heavy atom. The quantitative estimate of drug-likeness (QED) is 0.713. The van der Waals surface area contributed by atoms with Gasteiger partial charge in [-0.05, 0) is 32.4 Å². The van der Waals surface area contributed by atoms with Gasteiger partial charge in [-0.3, -0.25) is 4.21 Å². The monoisotopic (exact) mass is 318 g/mol. The highest BCUT2D eigenvalue weighted by Crippen LogP contribution is 2.20. The van der Waals surface area contributed by atoms with Gasteiger partial charge in [0.2, 0.25) is 10.0 Å². The van der Waals surface area contributed by atoms with E-state index < -0.39 is 20.8 Å². The van der Waals surface area contributed by atoms with Crippen LogP contribution in [0.2, 0.25) is 0 Å². The summed E-state index contributed by atoms with van der Waals surface area (Å²) >= 11 is 0. The molecule has 0 fully saturated rings. The number of hydrogen-bond acceptors (Lipinski definition) is 4. The summed E-state index contributed by atoms with van der Waals surface area (Å²) in [5.41, 5.74) is 0.572. The lowest BCUT2D eigenvalue weighted by molar-refractivity contribution is 0.570. The van der Waals surface area contributed by atoms with E-state index in [0.717, 1.165) is 6.42 Å². The summed E-state index contributed by atoms with van der Waals surface area (Å²) < 4.78 is 38.0. The van der Waals surface area contributed by atoms with Crippen LogP contribution in [0.4, 0.5) is 5.69 Å². The zero-order valence-electron chi connectivity index (χ0n) is 12.0. The van der Waals surface area contributed by atoms with Gasteiger partial charge in [0.25, 0.3) is 0 Å². The Bertz CT molecular complexity index is 556. The smallest absolute Gasteiger partial charge is 0.242 e. The van der Waals surface area contributed by atoms with E-state index in [4.69, 9.17) is 0 Å². The molecule has 0 aliphatic heterocycles. The molecule has 0 aliphatic rings. The Balaban J connectivity index is 2.80. The molecule has 1 unspecified atom stereocenters. The molecule has 0 spiro atoms. The molecular weight excluding hydrogens is 296 g/mol. The lowest BCUT2D eigenvalue weighted by Gasteiger charge is -2.14. The highest BCUT2D eigenvalue weighted by atomic mass is 32.2. The first kappa shape index (κ1) is 17.1. The first-order valence-electron chi connectivity index (χ1n) is 6.48. The summed E-state index contributed by atoms with van der Waals surface area (Å²) in [7, 11) is -4.34. The molecule has 114 valence electrons. The Kier molecular flexibility index (Phi) is 6.64. The number of para-hydroxylation sites is 1. The molecular formula is C13H22N2O3S2. The Labute approximate surface area is 123 Å². The first-order valence-corrected chi connectivity index (χ1v) is 9.69. The molecule has 0 saturated carbocycles. The minimum atomic E-state index is -3.52. The van der Waals surface area contributed by atoms with Gasteiger partial charge in [-0.15, -0.1) is 0 Å². The van der Waals surface area contributed by atoms with Gasteiger partial charge in [-0.2, -0.15) is 0 Å². The van der Waals surface area contributed by atoms with Gasteiger partial charge in [-0.25, -0.2) is 13.1 Å². The second-order valence-corrected chi connectivity index (χ2v) is 8.07. The van der Waals surface area contributed by atoms with Crippen molar-refractivity contribution in [1.29, 1.82) is 0 Å². The molecule has 1 aromatic rings. The number of anilines is 1. The fraction of sp³-hybridized carbons (Fsp3) is 0.538. The van der Waals surface area contributed by atoms with Crippen molar-refractivity contribution in [2.75, 3.05) is 23.9 Å². The van der Waals surface area contributed by atoms with Crippen LogP contribution in [0.3, 0.4) is 0 Å². The maximum absolute atomic E-state index is 12.2. The summed E-state index contributed by atoms with van der Waals surface area (Å²) in [6, 6.07) is 6.63. The average molecular weight is 318 g/mol. The third-order valence-corrected chi connectivity index (χ3v) is 5.07. The van der Waals surface area contributed by atoms with Crippen molar-refractivity contribution in [1.82, 2.24) is 4.72 Å². The van der Waals surface area contributed by atoms with Crippen LogP contribution in [0, 0.1) is 0 Å². The molecule has 0 amide bonds. The molecule has 20 heavy (non-hydrogen) atoms. The van der Waals surface area contributed by atoms with Crippen LogP contribution in [-0.2, 0) is 20.8 Å². The van der Waals surface area contributed by atoms with E-state index in [1.165, 1.54) is 0 Å². The molecule has 0 radical (unpaired) electrons. The van der Waals surface area contributed by atoms with Gasteiger partial charge >= 0.3 is 0 Å². The minimum absolute atomic E-state index is 0.157. The standard InChI is InChI=1S/C13H22N2O3S2/c1-11(2)15-20(17,18)13-8-5-4-7-12(13)14-9-6-10-19(3)16/h4-5,7-8,11,14-15H,6,9-10H2,1-3H3. The van der Waals surface area contributed by atoms with Crippen LogP contribution < -0.4 is 10.0 Å². The van der Waals surface area contributed by atoms with E-state index in [-0.39, 0.29) is 10.9 Å². The molecule has 1 aromatic carbocycles. The molecule has 7 heteroatoms. The highest BCUT2D eigenvalue weighted by molar-refractivity contribution is 7.89. The lowest BCUT2D eigenvalue weighted by Crippen LogP contribution is -2.30. The second kappa shape index (κ2) is 7.75. The largest absolute Gasteiger partial charge is 0.384 e. The predicted molar refractivity (Wildman–Crippen MR) is 83.9 cm³/mol. The fourth-order valence-corrected chi connectivity index (χ4v) is 3.71. The molecule has 0 aromatic heterocycles. The van der Waals surface area contributed by atoms with E-state index >= 15 is 0 Å². The number of rotatable bonds is 8. The first-order chi connectivity index (χ1) is 9.33. The van der Waals surface area contributed by atoms with Crippen molar-refractivity contribution in [3.63, 3.8) is 0 Å². The SMILES string of the molecule is CC(C)NS(=O)(=O)c1ccccc1NCCCS(C)=O. The van der Waals surface area contributed by atoms with Crippen LogP contribution in [0.15, 0.2) is 29.2 Å². The van der Waals surface area contributed by atoms with Crippen molar-refractivity contribution in [3.8, 4) is 0 Å². The highest BCUT2D eigenvalue weighted by Gasteiger charge is 2.18. The van der Waals surface area contributed by atoms with Crippen molar-refractivity contribution in [3.05, 3.63) is 24.3 Å².